The number of amides is 1. The number of ether oxygens (including phenoxy) is 1. The third kappa shape index (κ3) is 3.92. The first-order valence-electron chi connectivity index (χ1n) is 13.0. The first kappa shape index (κ1) is 24.2. The first-order valence-corrected chi connectivity index (χ1v) is 13.0. The van der Waals surface area contributed by atoms with Crippen molar-refractivity contribution in [2.75, 3.05) is 30.0 Å². The topological polar surface area (TPSA) is 66.9 Å². The number of ketones is 1. The van der Waals surface area contributed by atoms with Crippen molar-refractivity contribution in [3.63, 3.8) is 0 Å². The van der Waals surface area contributed by atoms with Gasteiger partial charge in [-0.15, -0.1) is 0 Å². The molecular weight excluding hydrogens is 476 g/mol. The van der Waals surface area contributed by atoms with E-state index in [0.29, 0.717) is 0 Å². The van der Waals surface area contributed by atoms with Crippen LogP contribution < -0.4 is 9.80 Å². The molecule has 6 nitrogen and oxygen atoms in total. The molecule has 0 aromatic heterocycles. The summed E-state index contributed by atoms with van der Waals surface area (Å²) in [6.07, 6.45) is 2.49. The van der Waals surface area contributed by atoms with Gasteiger partial charge < -0.3 is 14.5 Å². The molecule has 0 spiro atoms. The molecule has 0 saturated carbocycles. The molecule has 6 rings (SSSR count). The van der Waals surface area contributed by atoms with E-state index in [1.54, 1.807) is 11.0 Å². The van der Waals surface area contributed by atoms with Crippen molar-refractivity contribution in [2.24, 2.45) is 5.92 Å². The SMILES string of the molecule is CN1/C(=C\C(=O)COC(=O)C2CC(=O)N(c3ccc4c(c3)Cc3ccccc3-4)C2)C(C)(C)c2ccccc21. The molecule has 1 aliphatic carbocycles. The zero-order chi connectivity index (χ0) is 26.6. The van der Waals surface area contributed by atoms with Crippen molar-refractivity contribution in [3.05, 3.63) is 95.2 Å². The third-order valence-corrected chi connectivity index (χ3v) is 8.14. The Kier molecular flexibility index (Phi) is 5.71. The predicted octanol–water partition coefficient (Wildman–Crippen LogP) is 5.03. The summed E-state index contributed by atoms with van der Waals surface area (Å²) in [5, 5.41) is 0. The second-order valence-electron chi connectivity index (χ2n) is 10.9. The molecule has 1 fully saturated rings. The molecule has 0 radical (unpaired) electrons. The van der Waals surface area contributed by atoms with Crippen molar-refractivity contribution >= 4 is 29.0 Å². The standard InChI is InChI=1S/C32H30N2O4/c1-32(2)27-10-6-7-11-28(27)33(3)29(32)17-24(35)19-38-31(37)22-16-30(36)34(18-22)23-12-13-26-21(15-23)14-20-8-4-5-9-25(20)26/h4-13,15,17,22H,14,16,18-19H2,1-3H3/b29-17-. The van der Waals surface area contributed by atoms with Gasteiger partial charge >= 0.3 is 5.97 Å². The fourth-order valence-corrected chi connectivity index (χ4v) is 6.13. The zero-order valence-corrected chi connectivity index (χ0v) is 21.9. The van der Waals surface area contributed by atoms with E-state index in [0.717, 1.165) is 29.1 Å². The number of rotatable bonds is 5. The zero-order valence-electron chi connectivity index (χ0n) is 21.9. The van der Waals surface area contributed by atoms with Gasteiger partial charge in [0.15, 0.2) is 12.4 Å². The van der Waals surface area contributed by atoms with Gasteiger partial charge in [-0.05, 0) is 52.4 Å². The fraction of sp³-hybridized carbons (Fsp3) is 0.281. The number of esters is 1. The molecule has 0 N–H and O–H groups in total. The van der Waals surface area contributed by atoms with E-state index in [1.807, 2.05) is 48.3 Å². The molecule has 1 atom stereocenters. The fourth-order valence-electron chi connectivity index (χ4n) is 6.13. The van der Waals surface area contributed by atoms with Gasteiger partial charge in [-0.1, -0.05) is 62.4 Å². The van der Waals surface area contributed by atoms with Gasteiger partial charge in [-0.25, -0.2) is 0 Å². The van der Waals surface area contributed by atoms with Crippen LogP contribution in [0.4, 0.5) is 11.4 Å². The highest BCUT2D eigenvalue weighted by atomic mass is 16.5. The number of hydrogen-bond acceptors (Lipinski definition) is 5. The molecule has 3 aromatic carbocycles. The van der Waals surface area contributed by atoms with E-state index >= 15 is 0 Å². The molecule has 1 amide bonds. The Morgan fingerprint density at radius 3 is 2.55 bits per heavy atom. The van der Waals surface area contributed by atoms with Crippen LogP contribution in [-0.4, -0.2) is 37.9 Å². The Hall–Kier alpha value is -4.19. The Labute approximate surface area is 222 Å². The third-order valence-electron chi connectivity index (χ3n) is 8.14. The lowest BCUT2D eigenvalue weighted by Gasteiger charge is -2.24. The highest BCUT2D eigenvalue weighted by Gasteiger charge is 2.39. The van der Waals surface area contributed by atoms with Crippen LogP contribution >= 0.6 is 0 Å². The second kappa shape index (κ2) is 8.98. The lowest BCUT2D eigenvalue weighted by atomic mass is 9.83. The summed E-state index contributed by atoms with van der Waals surface area (Å²) in [7, 11) is 1.94. The Balaban J connectivity index is 1.10. The van der Waals surface area contributed by atoms with Gasteiger partial charge in [0.1, 0.15) is 0 Å². The van der Waals surface area contributed by atoms with Crippen LogP contribution in [-0.2, 0) is 31.0 Å². The smallest absolute Gasteiger partial charge is 0.311 e. The minimum Gasteiger partial charge on any atom is -0.457 e. The quantitative estimate of drug-likeness (QED) is 0.280. The summed E-state index contributed by atoms with van der Waals surface area (Å²) in [6.45, 7) is 4.07. The maximum absolute atomic E-state index is 12.8. The van der Waals surface area contributed by atoms with Crippen molar-refractivity contribution in [1.29, 1.82) is 0 Å². The van der Waals surface area contributed by atoms with Crippen LogP contribution in [0.1, 0.15) is 37.0 Å². The summed E-state index contributed by atoms with van der Waals surface area (Å²) in [5.74, 6) is -1.49. The Morgan fingerprint density at radius 1 is 1.00 bits per heavy atom. The molecular formula is C32H30N2O4. The van der Waals surface area contributed by atoms with Crippen molar-refractivity contribution < 1.29 is 19.1 Å². The Morgan fingerprint density at radius 2 is 1.74 bits per heavy atom. The van der Waals surface area contributed by atoms with Gasteiger partial charge in [-0.2, -0.15) is 0 Å². The number of carbonyl (C=O) groups excluding carboxylic acids is 3. The number of para-hydroxylation sites is 1. The molecule has 2 aliphatic heterocycles. The van der Waals surface area contributed by atoms with Crippen LogP contribution in [0.2, 0.25) is 0 Å². The van der Waals surface area contributed by atoms with E-state index in [4.69, 9.17) is 4.74 Å². The van der Waals surface area contributed by atoms with E-state index in [-0.39, 0.29) is 36.7 Å². The maximum Gasteiger partial charge on any atom is 0.311 e. The number of allylic oxidation sites excluding steroid dienone is 1. The molecule has 2 heterocycles. The predicted molar refractivity (Wildman–Crippen MR) is 147 cm³/mol. The van der Waals surface area contributed by atoms with Gasteiger partial charge in [-0.3, -0.25) is 14.4 Å². The number of hydrogen-bond donors (Lipinski definition) is 0. The van der Waals surface area contributed by atoms with E-state index < -0.39 is 11.9 Å². The summed E-state index contributed by atoms with van der Waals surface area (Å²) in [6, 6.07) is 22.5. The van der Waals surface area contributed by atoms with Gasteiger partial charge in [0, 0.05) is 48.6 Å². The van der Waals surface area contributed by atoms with Crippen LogP contribution in [0.5, 0.6) is 0 Å². The largest absolute Gasteiger partial charge is 0.457 e. The van der Waals surface area contributed by atoms with Crippen LogP contribution in [0, 0.1) is 5.92 Å². The molecule has 3 aromatic rings. The van der Waals surface area contributed by atoms with E-state index in [1.165, 1.54) is 22.3 Å². The van der Waals surface area contributed by atoms with Gasteiger partial charge in [0.25, 0.3) is 0 Å². The number of benzene rings is 3. The number of fused-ring (bicyclic) bond motifs is 4. The first-order chi connectivity index (χ1) is 18.2. The van der Waals surface area contributed by atoms with Gasteiger partial charge in [0.05, 0.1) is 5.92 Å². The molecule has 3 aliphatic rings. The average Bonchev–Trinajstić information content (AvgIpc) is 3.54. The van der Waals surface area contributed by atoms with E-state index in [2.05, 4.69) is 44.2 Å². The maximum atomic E-state index is 12.8. The number of likely N-dealkylation sites (N-methyl/N-ethyl adjacent to an activating group) is 1. The summed E-state index contributed by atoms with van der Waals surface area (Å²) in [4.78, 5) is 42.1. The van der Waals surface area contributed by atoms with Crippen LogP contribution in [0.3, 0.4) is 0 Å². The number of carbonyl (C=O) groups is 3. The minimum absolute atomic E-state index is 0.0799. The molecule has 192 valence electrons. The summed E-state index contributed by atoms with van der Waals surface area (Å²) < 4.78 is 5.40. The van der Waals surface area contributed by atoms with Gasteiger partial charge in [0.2, 0.25) is 5.91 Å². The number of nitrogens with zero attached hydrogens (tertiary/aromatic N) is 2. The van der Waals surface area contributed by atoms with Crippen molar-refractivity contribution in [3.8, 4) is 11.1 Å². The normalized spacial score (nSPS) is 19.9. The number of anilines is 2. The molecule has 38 heavy (non-hydrogen) atoms. The highest BCUT2D eigenvalue weighted by molar-refractivity contribution is 6.00. The molecule has 1 unspecified atom stereocenters. The van der Waals surface area contributed by atoms with Crippen molar-refractivity contribution in [1.82, 2.24) is 0 Å². The Bertz CT molecular complexity index is 1520. The lowest BCUT2D eigenvalue weighted by Crippen LogP contribution is -2.27. The monoisotopic (exact) mass is 506 g/mol. The van der Waals surface area contributed by atoms with Crippen LogP contribution in [0.25, 0.3) is 11.1 Å². The lowest BCUT2D eigenvalue weighted by molar-refractivity contribution is -0.151. The van der Waals surface area contributed by atoms with Crippen molar-refractivity contribution in [2.45, 2.75) is 32.1 Å². The highest BCUT2D eigenvalue weighted by Crippen LogP contribution is 2.46. The average molecular weight is 507 g/mol. The molecule has 1 saturated heterocycles. The second-order valence-corrected chi connectivity index (χ2v) is 10.9. The minimum atomic E-state index is -0.594. The summed E-state index contributed by atoms with van der Waals surface area (Å²) >= 11 is 0. The molecule has 6 heteroatoms. The summed E-state index contributed by atoms with van der Waals surface area (Å²) in [5.41, 5.74) is 8.43. The van der Waals surface area contributed by atoms with Crippen LogP contribution in [0.15, 0.2) is 78.5 Å². The van der Waals surface area contributed by atoms with E-state index in [9.17, 15) is 14.4 Å². The molecule has 0 bridgehead atoms.